The van der Waals surface area contributed by atoms with Gasteiger partial charge in [-0.25, -0.2) is 26.3 Å². The summed E-state index contributed by atoms with van der Waals surface area (Å²) in [6.07, 6.45) is 0. The summed E-state index contributed by atoms with van der Waals surface area (Å²) in [5, 5.41) is 0.251. The fraction of sp³-hybridized carbons (Fsp3) is 0.455. The van der Waals surface area contributed by atoms with E-state index in [2.05, 4.69) is 9.44 Å². The molecule has 1 rings (SSSR count). The van der Waals surface area contributed by atoms with Gasteiger partial charge in [-0.2, -0.15) is 0 Å². The number of hydrogen-bond acceptors (Lipinski definition) is 5. The van der Waals surface area contributed by atoms with E-state index in [9.17, 15) is 16.8 Å². The SMILES string of the molecule is CCNS(=O)(=O)CCNS(=O)(=O)c1ccc(CN)c(Cl)c1. The molecule has 0 bridgehead atoms. The molecular weight excluding hydrogens is 338 g/mol. The molecule has 4 N–H and O–H groups in total. The lowest BCUT2D eigenvalue weighted by molar-refractivity contribution is 0.576. The average molecular weight is 356 g/mol. The zero-order chi connectivity index (χ0) is 16.1. The third-order valence-corrected chi connectivity index (χ3v) is 5.86. The van der Waals surface area contributed by atoms with Crippen LogP contribution < -0.4 is 15.2 Å². The lowest BCUT2D eigenvalue weighted by Gasteiger charge is -2.09. The van der Waals surface area contributed by atoms with Crippen molar-refractivity contribution in [2.24, 2.45) is 5.73 Å². The van der Waals surface area contributed by atoms with Crippen LogP contribution in [0.25, 0.3) is 0 Å². The summed E-state index contributed by atoms with van der Waals surface area (Å²) < 4.78 is 51.3. The van der Waals surface area contributed by atoms with Gasteiger partial charge in [0.05, 0.1) is 10.6 Å². The van der Waals surface area contributed by atoms with Gasteiger partial charge in [-0.05, 0) is 17.7 Å². The first-order valence-corrected chi connectivity index (χ1v) is 9.68. The molecule has 0 aromatic heterocycles. The van der Waals surface area contributed by atoms with Crippen molar-refractivity contribution in [1.82, 2.24) is 9.44 Å². The van der Waals surface area contributed by atoms with Crippen molar-refractivity contribution < 1.29 is 16.8 Å². The number of benzene rings is 1. The van der Waals surface area contributed by atoms with Gasteiger partial charge < -0.3 is 5.73 Å². The van der Waals surface area contributed by atoms with Crippen LogP contribution in [0.4, 0.5) is 0 Å². The Morgan fingerprint density at radius 2 is 1.86 bits per heavy atom. The monoisotopic (exact) mass is 355 g/mol. The number of halogens is 1. The molecule has 10 heteroatoms. The zero-order valence-corrected chi connectivity index (χ0v) is 13.9. The number of rotatable bonds is 8. The van der Waals surface area contributed by atoms with Crippen LogP contribution in [0.2, 0.25) is 5.02 Å². The number of nitrogens with two attached hydrogens (primary N) is 1. The molecule has 0 radical (unpaired) electrons. The second kappa shape index (κ2) is 7.52. The van der Waals surface area contributed by atoms with E-state index < -0.39 is 20.0 Å². The van der Waals surface area contributed by atoms with Crippen LogP contribution in [0.5, 0.6) is 0 Å². The molecule has 0 aliphatic rings. The first-order valence-electron chi connectivity index (χ1n) is 6.17. The summed E-state index contributed by atoms with van der Waals surface area (Å²) in [4.78, 5) is -0.0365. The summed E-state index contributed by atoms with van der Waals surface area (Å²) in [5.74, 6) is -0.339. The summed E-state index contributed by atoms with van der Waals surface area (Å²) >= 11 is 5.91. The maximum absolute atomic E-state index is 12.0. The zero-order valence-electron chi connectivity index (χ0n) is 11.5. The van der Waals surface area contributed by atoms with E-state index in [1.807, 2.05) is 0 Å². The van der Waals surface area contributed by atoms with Gasteiger partial charge >= 0.3 is 0 Å². The Morgan fingerprint density at radius 3 is 2.38 bits per heavy atom. The molecule has 0 saturated heterocycles. The normalized spacial score (nSPS) is 12.5. The van der Waals surface area contributed by atoms with Gasteiger partial charge in [0.1, 0.15) is 0 Å². The predicted molar refractivity (Wildman–Crippen MR) is 82.0 cm³/mol. The highest BCUT2D eigenvalue weighted by atomic mass is 35.5. The van der Waals surface area contributed by atoms with Crippen LogP contribution in [-0.2, 0) is 26.6 Å². The number of hydrogen-bond donors (Lipinski definition) is 3. The highest BCUT2D eigenvalue weighted by Gasteiger charge is 2.17. The molecule has 0 unspecified atom stereocenters. The summed E-state index contributed by atoms with van der Waals surface area (Å²) in [7, 11) is -7.29. The van der Waals surface area contributed by atoms with Gasteiger partial charge in [-0.15, -0.1) is 0 Å². The van der Waals surface area contributed by atoms with Crippen molar-refractivity contribution in [3.05, 3.63) is 28.8 Å². The molecule has 1 aromatic rings. The molecule has 0 heterocycles. The maximum Gasteiger partial charge on any atom is 0.240 e. The van der Waals surface area contributed by atoms with Crippen LogP contribution >= 0.6 is 11.6 Å². The van der Waals surface area contributed by atoms with Gasteiger partial charge in [0, 0.05) is 24.7 Å². The number of sulfonamides is 2. The standard InChI is InChI=1S/C11H18ClN3O4S2/c1-2-14-20(16,17)6-5-15-21(18,19)10-4-3-9(8-13)11(12)7-10/h3-4,7,14-15H,2,5-6,8,13H2,1H3. The Bertz CT molecular complexity index is 689. The van der Waals surface area contributed by atoms with Crippen molar-refractivity contribution in [3.63, 3.8) is 0 Å². The van der Waals surface area contributed by atoms with Crippen LogP contribution in [0.3, 0.4) is 0 Å². The van der Waals surface area contributed by atoms with Crippen molar-refractivity contribution in [2.75, 3.05) is 18.8 Å². The smallest absolute Gasteiger partial charge is 0.240 e. The van der Waals surface area contributed by atoms with Crippen molar-refractivity contribution in [2.45, 2.75) is 18.4 Å². The minimum absolute atomic E-state index is 0.0365. The van der Waals surface area contributed by atoms with E-state index in [4.69, 9.17) is 17.3 Å². The van der Waals surface area contributed by atoms with Gasteiger partial charge in [0.15, 0.2) is 0 Å². The Kier molecular flexibility index (Phi) is 6.57. The maximum atomic E-state index is 12.0. The van der Waals surface area contributed by atoms with Crippen LogP contribution in [0, 0.1) is 0 Å². The molecular formula is C11H18ClN3O4S2. The van der Waals surface area contributed by atoms with Crippen LogP contribution in [-0.4, -0.2) is 35.7 Å². The third kappa shape index (κ3) is 5.53. The van der Waals surface area contributed by atoms with Gasteiger partial charge in [-0.3, -0.25) is 0 Å². The van der Waals surface area contributed by atoms with E-state index in [-0.39, 0.29) is 35.3 Å². The van der Waals surface area contributed by atoms with Gasteiger partial charge in [0.2, 0.25) is 20.0 Å². The molecule has 0 aliphatic carbocycles. The van der Waals surface area contributed by atoms with Crippen LogP contribution in [0.1, 0.15) is 12.5 Å². The largest absolute Gasteiger partial charge is 0.326 e. The van der Waals surface area contributed by atoms with E-state index >= 15 is 0 Å². The molecule has 21 heavy (non-hydrogen) atoms. The van der Waals surface area contributed by atoms with E-state index in [1.54, 1.807) is 6.92 Å². The molecule has 0 aliphatic heterocycles. The average Bonchev–Trinajstić information content (AvgIpc) is 2.37. The topological polar surface area (TPSA) is 118 Å². The summed E-state index contributed by atoms with van der Waals surface area (Å²) in [6, 6.07) is 4.17. The molecule has 0 saturated carbocycles. The fourth-order valence-electron chi connectivity index (χ4n) is 1.55. The second-order valence-electron chi connectivity index (χ2n) is 4.17. The minimum atomic E-state index is -3.81. The second-order valence-corrected chi connectivity index (χ2v) is 8.27. The lowest BCUT2D eigenvalue weighted by atomic mass is 10.2. The Balaban J connectivity index is 2.76. The third-order valence-electron chi connectivity index (χ3n) is 2.58. The molecule has 7 nitrogen and oxygen atoms in total. The molecule has 0 spiro atoms. The molecule has 0 atom stereocenters. The minimum Gasteiger partial charge on any atom is -0.326 e. The quantitative estimate of drug-likeness (QED) is 0.607. The molecule has 1 aromatic carbocycles. The fourth-order valence-corrected chi connectivity index (χ4v) is 4.01. The Labute approximate surface area is 130 Å². The summed E-state index contributed by atoms with van der Waals surface area (Å²) in [5.41, 5.74) is 6.07. The lowest BCUT2D eigenvalue weighted by Crippen LogP contribution is -2.34. The highest BCUT2D eigenvalue weighted by Crippen LogP contribution is 2.20. The van der Waals surface area contributed by atoms with Crippen LogP contribution in [0.15, 0.2) is 23.1 Å². The van der Waals surface area contributed by atoms with E-state index in [1.165, 1.54) is 18.2 Å². The van der Waals surface area contributed by atoms with Gasteiger partial charge in [0.25, 0.3) is 0 Å². The first-order chi connectivity index (χ1) is 9.72. The van der Waals surface area contributed by atoms with E-state index in [0.717, 1.165) is 0 Å². The van der Waals surface area contributed by atoms with Crippen molar-refractivity contribution in [3.8, 4) is 0 Å². The Morgan fingerprint density at radius 1 is 1.19 bits per heavy atom. The van der Waals surface area contributed by atoms with Crippen molar-refractivity contribution in [1.29, 1.82) is 0 Å². The predicted octanol–water partition coefficient (Wildman–Crippen LogP) is 0.0163. The first kappa shape index (κ1) is 18.3. The van der Waals surface area contributed by atoms with Crippen molar-refractivity contribution >= 4 is 31.6 Å². The molecule has 120 valence electrons. The van der Waals surface area contributed by atoms with Gasteiger partial charge in [-0.1, -0.05) is 24.6 Å². The molecule has 0 fully saturated rings. The van der Waals surface area contributed by atoms with E-state index in [0.29, 0.717) is 5.56 Å². The highest BCUT2D eigenvalue weighted by molar-refractivity contribution is 7.90. The Hall–Kier alpha value is -0.710. The summed E-state index contributed by atoms with van der Waals surface area (Å²) in [6.45, 7) is 1.87. The number of nitrogens with one attached hydrogen (secondary N) is 2. The molecule has 0 amide bonds.